The van der Waals surface area contributed by atoms with Gasteiger partial charge in [0.1, 0.15) is 11.5 Å². The van der Waals surface area contributed by atoms with E-state index in [2.05, 4.69) is 22.9 Å². The largest absolute Gasteiger partial charge is 0.464 e. The molecule has 0 spiro atoms. The van der Waals surface area contributed by atoms with Crippen LogP contribution >= 0.6 is 11.8 Å². The minimum absolute atomic E-state index is 0.410. The average molecular weight is 328 g/mol. The smallest absolute Gasteiger partial charge is 0.274 e. The SMILES string of the molecule is CCCNCc1ccc(CSCCNC(=C[N+](=O)[O-])NC)o1. The van der Waals surface area contributed by atoms with Gasteiger partial charge in [0.25, 0.3) is 6.20 Å². The van der Waals surface area contributed by atoms with Crippen molar-refractivity contribution in [3.05, 3.63) is 45.8 Å². The predicted molar refractivity (Wildman–Crippen MR) is 89.0 cm³/mol. The summed E-state index contributed by atoms with van der Waals surface area (Å²) in [7, 11) is 1.65. The number of nitrogens with one attached hydrogen (secondary N) is 3. The normalized spacial score (nSPS) is 11.5. The lowest BCUT2D eigenvalue weighted by molar-refractivity contribution is -0.404. The molecule has 0 fully saturated rings. The second-order valence-corrected chi connectivity index (χ2v) is 5.71. The molecule has 124 valence electrons. The molecule has 0 amide bonds. The maximum absolute atomic E-state index is 10.4. The highest BCUT2D eigenvalue weighted by Gasteiger charge is 2.03. The summed E-state index contributed by atoms with van der Waals surface area (Å²) in [6.07, 6.45) is 2.03. The molecule has 8 heteroatoms. The van der Waals surface area contributed by atoms with Gasteiger partial charge in [-0.25, -0.2) is 0 Å². The summed E-state index contributed by atoms with van der Waals surface area (Å²) in [5.41, 5.74) is 0. The van der Waals surface area contributed by atoms with Crippen molar-refractivity contribution in [1.29, 1.82) is 0 Å². The molecule has 0 atom stereocenters. The molecule has 0 aliphatic carbocycles. The van der Waals surface area contributed by atoms with Crippen LogP contribution < -0.4 is 16.0 Å². The Kier molecular flexibility index (Phi) is 9.17. The molecule has 1 aromatic rings. The van der Waals surface area contributed by atoms with Crippen molar-refractivity contribution < 1.29 is 9.34 Å². The van der Waals surface area contributed by atoms with Gasteiger partial charge in [-0.3, -0.25) is 10.1 Å². The lowest BCUT2D eigenvalue weighted by Gasteiger charge is -2.07. The number of furan rings is 1. The van der Waals surface area contributed by atoms with Crippen LogP contribution in [0.15, 0.2) is 28.6 Å². The number of hydrogen-bond donors (Lipinski definition) is 3. The van der Waals surface area contributed by atoms with Crippen molar-refractivity contribution in [3.8, 4) is 0 Å². The van der Waals surface area contributed by atoms with E-state index in [0.29, 0.717) is 12.4 Å². The molecule has 0 unspecified atom stereocenters. The van der Waals surface area contributed by atoms with Gasteiger partial charge in [-0.15, -0.1) is 0 Å². The van der Waals surface area contributed by atoms with Gasteiger partial charge in [-0.05, 0) is 25.1 Å². The summed E-state index contributed by atoms with van der Waals surface area (Å²) in [4.78, 5) is 9.88. The third-order valence-corrected chi connectivity index (χ3v) is 3.73. The van der Waals surface area contributed by atoms with Crippen molar-refractivity contribution in [2.45, 2.75) is 25.6 Å². The van der Waals surface area contributed by atoms with Crippen molar-refractivity contribution >= 4 is 11.8 Å². The molecular formula is C14H24N4O3S. The van der Waals surface area contributed by atoms with E-state index in [1.54, 1.807) is 18.8 Å². The fourth-order valence-corrected chi connectivity index (χ4v) is 2.46. The average Bonchev–Trinajstić information content (AvgIpc) is 2.93. The second kappa shape index (κ2) is 11.0. The maximum atomic E-state index is 10.4. The Bertz CT molecular complexity index is 476. The lowest BCUT2D eigenvalue weighted by atomic mass is 10.4. The molecule has 1 heterocycles. The van der Waals surface area contributed by atoms with E-state index in [1.807, 2.05) is 12.1 Å². The molecule has 3 N–H and O–H groups in total. The van der Waals surface area contributed by atoms with Crippen LogP contribution in [-0.4, -0.2) is 30.8 Å². The Hall–Kier alpha value is -1.67. The Morgan fingerprint density at radius 1 is 1.41 bits per heavy atom. The molecule has 7 nitrogen and oxygen atoms in total. The zero-order valence-electron chi connectivity index (χ0n) is 13.1. The van der Waals surface area contributed by atoms with E-state index in [-0.39, 0.29) is 0 Å². The fraction of sp³-hybridized carbons (Fsp3) is 0.571. The van der Waals surface area contributed by atoms with E-state index in [1.165, 1.54) is 0 Å². The van der Waals surface area contributed by atoms with Gasteiger partial charge in [0.05, 0.1) is 17.2 Å². The third-order valence-electron chi connectivity index (χ3n) is 2.75. The Labute approximate surface area is 135 Å². The number of nitro groups is 1. The first-order chi connectivity index (χ1) is 10.7. The van der Waals surface area contributed by atoms with Crippen LogP contribution in [0.25, 0.3) is 0 Å². The van der Waals surface area contributed by atoms with E-state index in [9.17, 15) is 10.1 Å². The molecule has 0 aromatic carbocycles. The molecule has 0 bridgehead atoms. The molecule has 0 saturated heterocycles. The van der Waals surface area contributed by atoms with Crippen LogP contribution in [0.4, 0.5) is 0 Å². The number of hydrogen-bond acceptors (Lipinski definition) is 7. The van der Waals surface area contributed by atoms with Crippen LogP contribution in [0, 0.1) is 10.1 Å². The molecule has 1 aromatic heterocycles. The van der Waals surface area contributed by atoms with Gasteiger partial charge in [0, 0.05) is 19.3 Å². The first-order valence-electron chi connectivity index (χ1n) is 7.28. The van der Waals surface area contributed by atoms with Crippen LogP contribution in [0.2, 0.25) is 0 Å². The van der Waals surface area contributed by atoms with Crippen LogP contribution in [-0.2, 0) is 12.3 Å². The van der Waals surface area contributed by atoms with Crippen LogP contribution in [0.3, 0.4) is 0 Å². The summed E-state index contributed by atoms with van der Waals surface area (Å²) in [6.45, 7) is 4.53. The summed E-state index contributed by atoms with van der Waals surface area (Å²) in [5, 5.41) is 19.4. The van der Waals surface area contributed by atoms with Crippen molar-refractivity contribution in [2.75, 3.05) is 25.9 Å². The zero-order valence-corrected chi connectivity index (χ0v) is 13.9. The lowest BCUT2D eigenvalue weighted by Crippen LogP contribution is -2.26. The van der Waals surface area contributed by atoms with Gasteiger partial charge in [0.2, 0.25) is 0 Å². The topological polar surface area (TPSA) is 92.4 Å². The molecule has 0 aliphatic rings. The van der Waals surface area contributed by atoms with Crippen LogP contribution in [0.5, 0.6) is 0 Å². The predicted octanol–water partition coefficient (Wildman–Crippen LogP) is 1.90. The quantitative estimate of drug-likeness (QED) is 0.306. The van der Waals surface area contributed by atoms with Gasteiger partial charge in [-0.2, -0.15) is 11.8 Å². The molecular weight excluding hydrogens is 304 g/mol. The summed E-state index contributed by atoms with van der Waals surface area (Å²) < 4.78 is 5.71. The summed E-state index contributed by atoms with van der Waals surface area (Å²) >= 11 is 1.72. The minimum atomic E-state index is -0.483. The molecule has 0 radical (unpaired) electrons. The second-order valence-electron chi connectivity index (χ2n) is 4.60. The highest BCUT2D eigenvalue weighted by molar-refractivity contribution is 7.98. The fourth-order valence-electron chi connectivity index (χ4n) is 1.72. The maximum Gasteiger partial charge on any atom is 0.274 e. The Balaban J connectivity index is 2.18. The first kappa shape index (κ1) is 18.4. The van der Waals surface area contributed by atoms with Crippen molar-refractivity contribution in [3.63, 3.8) is 0 Å². The van der Waals surface area contributed by atoms with Crippen LogP contribution in [0.1, 0.15) is 24.9 Å². The molecule has 1 rings (SSSR count). The monoisotopic (exact) mass is 328 g/mol. The minimum Gasteiger partial charge on any atom is -0.464 e. The standard InChI is InChI=1S/C14H24N4O3S/c1-3-6-16-9-12-4-5-13(21-12)11-22-8-7-17-14(15-2)10-18(19)20/h4-5,10,15-17H,3,6-9,11H2,1-2H3. The first-order valence-corrected chi connectivity index (χ1v) is 8.44. The van der Waals surface area contributed by atoms with Gasteiger partial charge < -0.3 is 20.4 Å². The molecule has 0 saturated carbocycles. The van der Waals surface area contributed by atoms with E-state index < -0.39 is 4.92 Å². The van der Waals surface area contributed by atoms with Crippen molar-refractivity contribution in [2.24, 2.45) is 0 Å². The Morgan fingerprint density at radius 2 is 2.18 bits per heavy atom. The van der Waals surface area contributed by atoms with Gasteiger partial charge >= 0.3 is 0 Å². The van der Waals surface area contributed by atoms with E-state index in [4.69, 9.17) is 4.42 Å². The summed E-state index contributed by atoms with van der Waals surface area (Å²) in [6, 6.07) is 3.99. The van der Waals surface area contributed by atoms with E-state index >= 15 is 0 Å². The number of rotatable bonds is 12. The van der Waals surface area contributed by atoms with E-state index in [0.717, 1.165) is 48.7 Å². The van der Waals surface area contributed by atoms with Crippen molar-refractivity contribution in [1.82, 2.24) is 16.0 Å². The summed E-state index contributed by atoms with van der Waals surface area (Å²) in [5.74, 6) is 3.94. The highest BCUT2D eigenvalue weighted by Crippen LogP contribution is 2.15. The third kappa shape index (κ3) is 7.94. The Morgan fingerprint density at radius 3 is 2.86 bits per heavy atom. The number of nitrogens with zero attached hydrogens (tertiary/aromatic N) is 1. The van der Waals surface area contributed by atoms with Gasteiger partial charge in [0.15, 0.2) is 5.82 Å². The molecule has 0 aliphatic heterocycles. The number of thioether (sulfide) groups is 1. The zero-order chi connectivity index (χ0) is 16.2. The highest BCUT2D eigenvalue weighted by atomic mass is 32.2. The molecule has 22 heavy (non-hydrogen) atoms. The van der Waals surface area contributed by atoms with Gasteiger partial charge in [-0.1, -0.05) is 6.92 Å².